The minimum Gasteiger partial charge on any atom is -0.465 e. The Morgan fingerprint density at radius 1 is 1.00 bits per heavy atom. The Labute approximate surface area is 169 Å². The molecule has 0 spiro atoms. The summed E-state index contributed by atoms with van der Waals surface area (Å²) in [4.78, 5) is 37.8. The van der Waals surface area contributed by atoms with Crippen LogP contribution in [0.4, 0.5) is 5.69 Å². The van der Waals surface area contributed by atoms with E-state index in [4.69, 9.17) is 38.4 Å². The van der Waals surface area contributed by atoms with E-state index in [9.17, 15) is 14.4 Å². The monoisotopic (exact) mass is 420 g/mol. The topological polar surface area (TPSA) is 101 Å². The fourth-order valence-corrected chi connectivity index (χ4v) is 3.31. The van der Waals surface area contributed by atoms with E-state index in [2.05, 4.69) is 0 Å². The summed E-state index contributed by atoms with van der Waals surface area (Å²) in [6.07, 6.45) is 0. The van der Waals surface area contributed by atoms with Crippen molar-refractivity contribution in [1.29, 1.82) is 0 Å². The van der Waals surface area contributed by atoms with E-state index in [1.54, 1.807) is 18.2 Å². The predicted octanol–water partition coefficient (Wildman–Crippen LogP) is 3.43. The second-order valence-electron chi connectivity index (χ2n) is 5.79. The zero-order chi connectivity index (χ0) is 20.6. The first-order valence-electron chi connectivity index (χ1n) is 7.93. The first-order chi connectivity index (χ1) is 13.3. The summed E-state index contributed by atoms with van der Waals surface area (Å²) in [6, 6.07) is 9.27. The first kappa shape index (κ1) is 19.7. The van der Waals surface area contributed by atoms with Crippen molar-refractivity contribution >= 4 is 51.7 Å². The van der Waals surface area contributed by atoms with Crippen LogP contribution >= 0.6 is 23.2 Å². The van der Waals surface area contributed by atoms with Crippen LogP contribution in [0.5, 0.6) is 5.75 Å². The minimum absolute atomic E-state index is 0.0591. The van der Waals surface area contributed by atoms with Crippen molar-refractivity contribution in [2.45, 2.75) is 0 Å². The predicted molar refractivity (Wildman–Crippen MR) is 106 cm³/mol. The molecule has 9 heteroatoms. The average Bonchev–Trinajstić information content (AvgIpc) is 2.65. The van der Waals surface area contributed by atoms with Crippen molar-refractivity contribution in [3.05, 3.63) is 67.9 Å². The molecule has 0 saturated heterocycles. The van der Waals surface area contributed by atoms with Gasteiger partial charge in [0.05, 0.1) is 28.1 Å². The van der Waals surface area contributed by atoms with Gasteiger partial charge in [-0.2, -0.15) is 0 Å². The van der Waals surface area contributed by atoms with E-state index in [0.717, 1.165) is 7.11 Å². The number of aromatic nitrogens is 1. The number of ether oxygens (including phenoxy) is 2. The maximum absolute atomic E-state index is 12.8. The van der Waals surface area contributed by atoms with E-state index < -0.39 is 23.1 Å². The maximum Gasteiger partial charge on any atom is 0.347 e. The summed E-state index contributed by atoms with van der Waals surface area (Å²) in [5.41, 5.74) is 4.99. The lowest BCUT2D eigenvalue weighted by Crippen LogP contribution is -2.28. The lowest BCUT2D eigenvalue weighted by atomic mass is 10.1. The van der Waals surface area contributed by atoms with E-state index in [-0.39, 0.29) is 32.4 Å². The summed E-state index contributed by atoms with van der Waals surface area (Å²) in [5, 5.41) is 0.433. The molecule has 144 valence electrons. The zero-order valence-corrected chi connectivity index (χ0v) is 16.3. The molecule has 3 rings (SSSR count). The number of carbonyl (C=O) groups is 2. The van der Waals surface area contributed by atoms with Gasteiger partial charge in [-0.05, 0) is 24.3 Å². The van der Waals surface area contributed by atoms with Crippen LogP contribution in [0, 0.1) is 0 Å². The van der Waals surface area contributed by atoms with Crippen LogP contribution in [0.3, 0.4) is 0 Å². The van der Waals surface area contributed by atoms with Gasteiger partial charge in [-0.1, -0.05) is 35.3 Å². The van der Waals surface area contributed by atoms with Crippen molar-refractivity contribution in [2.24, 2.45) is 7.05 Å². The lowest BCUT2D eigenvalue weighted by Gasteiger charge is -2.16. The minimum atomic E-state index is -0.975. The highest BCUT2D eigenvalue weighted by atomic mass is 35.5. The number of carbonyl (C=O) groups excluding carboxylic acids is 2. The number of methoxy groups -OCH3 is 1. The van der Waals surface area contributed by atoms with Crippen LogP contribution in [0.15, 0.2) is 41.2 Å². The molecule has 2 N–H and O–H groups in total. The van der Waals surface area contributed by atoms with Gasteiger partial charge in [-0.3, -0.25) is 4.79 Å². The third-order valence-electron chi connectivity index (χ3n) is 4.16. The molecule has 0 fully saturated rings. The zero-order valence-electron chi connectivity index (χ0n) is 14.8. The number of esters is 2. The molecule has 0 unspecified atom stereocenters. The SMILES string of the molecule is COC(=O)c1c(OC(=O)c2c(N)cccc2Cl)c2c(Cl)cccc2n(C)c1=O. The highest BCUT2D eigenvalue weighted by Gasteiger charge is 2.28. The Hall–Kier alpha value is -3.03. The molecule has 1 heterocycles. The number of fused-ring (bicyclic) bond motifs is 1. The number of aryl methyl sites for hydroxylation is 1. The fourth-order valence-electron chi connectivity index (χ4n) is 2.80. The largest absolute Gasteiger partial charge is 0.465 e. The normalized spacial score (nSPS) is 10.7. The van der Waals surface area contributed by atoms with Gasteiger partial charge in [0.15, 0.2) is 11.3 Å². The Morgan fingerprint density at radius 2 is 1.64 bits per heavy atom. The number of anilines is 1. The Kier molecular flexibility index (Phi) is 5.31. The smallest absolute Gasteiger partial charge is 0.347 e. The molecule has 0 amide bonds. The fraction of sp³-hybridized carbons (Fsp3) is 0.105. The molecule has 0 atom stereocenters. The summed E-state index contributed by atoms with van der Waals surface area (Å²) in [6.45, 7) is 0. The molecule has 0 aliphatic carbocycles. The second kappa shape index (κ2) is 7.53. The number of nitrogens with two attached hydrogens (primary N) is 1. The highest BCUT2D eigenvalue weighted by Crippen LogP contribution is 2.35. The van der Waals surface area contributed by atoms with Gasteiger partial charge in [0.2, 0.25) is 0 Å². The Morgan fingerprint density at radius 3 is 2.29 bits per heavy atom. The number of nitrogens with zero attached hydrogens (tertiary/aromatic N) is 1. The quantitative estimate of drug-likeness (QED) is 0.514. The molecule has 0 radical (unpaired) electrons. The van der Waals surface area contributed by atoms with Crippen LogP contribution in [0.25, 0.3) is 10.9 Å². The van der Waals surface area contributed by atoms with Crippen molar-refractivity contribution in [3.63, 3.8) is 0 Å². The van der Waals surface area contributed by atoms with Crippen LogP contribution in [0.1, 0.15) is 20.7 Å². The van der Waals surface area contributed by atoms with Gasteiger partial charge in [-0.15, -0.1) is 0 Å². The average molecular weight is 421 g/mol. The third kappa shape index (κ3) is 3.19. The lowest BCUT2D eigenvalue weighted by molar-refractivity contribution is 0.0591. The molecule has 28 heavy (non-hydrogen) atoms. The first-order valence-corrected chi connectivity index (χ1v) is 8.69. The standard InChI is InChI=1S/C19H14Cl2N2O5/c1-23-12-8-4-6-10(21)14(12)16(15(17(23)24)18(25)27-2)28-19(26)13-9(20)5-3-7-11(13)22/h3-8H,22H2,1-2H3. The summed E-state index contributed by atoms with van der Waals surface area (Å²) in [5.74, 6) is -2.24. The van der Waals surface area contributed by atoms with Gasteiger partial charge < -0.3 is 19.8 Å². The van der Waals surface area contributed by atoms with Crippen molar-refractivity contribution in [2.75, 3.05) is 12.8 Å². The number of nitrogen functional groups attached to an aromatic ring is 1. The molecule has 0 bridgehead atoms. The van der Waals surface area contributed by atoms with Gasteiger partial charge in [0.25, 0.3) is 5.56 Å². The highest BCUT2D eigenvalue weighted by molar-refractivity contribution is 6.36. The number of rotatable bonds is 3. The molecule has 2 aromatic carbocycles. The molecule has 1 aromatic heterocycles. The number of halogens is 2. The number of hydrogen-bond donors (Lipinski definition) is 1. The molecule has 0 aliphatic heterocycles. The summed E-state index contributed by atoms with van der Waals surface area (Å²) < 4.78 is 11.4. The third-order valence-corrected chi connectivity index (χ3v) is 4.79. The molecular weight excluding hydrogens is 407 g/mol. The molecule has 0 aliphatic rings. The Balaban J connectivity index is 2.33. The molecular formula is C19H14Cl2N2O5. The van der Waals surface area contributed by atoms with Gasteiger partial charge in [0, 0.05) is 12.7 Å². The van der Waals surface area contributed by atoms with Crippen molar-refractivity contribution in [3.8, 4) is 5.75 Å². The van der Waals surface area contributed by atoms with Crippen LogP contribution in [-0.4, -0.2) is 23.6 Å². The van der Waals surface area contributed by atoms with E-state index >= 15 is 0 Å². The molecule has 0 saturated carbocycles. The van der Waals surface area contributed by atoms with Crippen LogP contribution < -0.4 is 16.0 Å². The van der Waals surface area contributed by atoms with Crippen molar-refractivity contribution in [1.82, 2.24) is 4.57 Å². The van der Waals surface area contributed by atoms with E-state index in [1.165, 1.54) is 29.8 Å². The number of hydrogen-bond acceptors (Lipinski definition) is 6. The Bertz CT molecular complexity index is 1170. The van der Waals surface area contributed by atoms with E-state index in [0.29, 0.717) is 5.52 Å². The van der Waals surface area contributed by atoms with Gasteiger partial charge in [0.1, 0.15) is 5.56 Å². The maximum atomic E-state index is 12.8. The number of pyridine rings is 1. The number of benzene rings is 2. The molecule has 3 aromatic rings. The molecule has 7 nitrogen and oxygen atoms in total. The van der Waals surface area contributed by atoms with Crippen molar-refractivity contribution < 1.29 is 19.1 Å². The van der Waals surface area contributed by atoms with Crippen LogP contribution in [0.2, 0.25) is 10.0 Å². The van der Waals surface area contributed by atoms with Gasteiger partial charge in [-0.25, -0.2) is 9.59 Å². The van der Waals surface area contributed by atoms with Gasteiger partial charge >= 0.3 is 11.9 Å². The summed E-state index contributed by atoms with van der Waals surface area (Å²) >= 11 is 12.4. The second-order valence-corrected chi connectivity index (χ2v) is 6.60. The summed E-state index contributed by atoms with van der Waals surface area (Å²) in [7, 11) is 2.57. The van der Waals surface area contributed by atoms with Crippen LogP contribution in [-0.2, 0) is 11.8 Å². The van der Waals surface area contributed by atoms with E-state index in [1.807, 2.05) is 0 Å².